The first kappa shape index (κ1) is 20.7. The molecule has 0 unspecified atom stereocenters. The number of rotatable bonds is 5. The van der Waals surface area contributed by atoms with Crippen LogP contribution in [0.1, 0.15) is 28.8 Å². The molecule has 1 saturated heterocycles. The Morgan fingerprint density at radius 2 is 1.90 bits per heavy atom. The van der Waals surface area contributed by atoms with Gasteiger partial charge in [-0.15, -0.1) is 11.3 Å². The van der Waals surface area contributed by atoms with Gasteiger partial charge in [0, 0.05) is 18.0 Å². The molecule has 0 radical (unpaired) electrons. The van der Waals surface area contributed by atoms with Crippen molar-refractivity contribution in [3.05, 3.63) is 56.7 Å². The number of thioether (sulfide) groups is 1. The van der Waals surface area contributed by atoms with E-state index in [9.17, 15) is 9.59 Å². The van der Waals surface area contributed by atoms with Gasteiger partial charge in [0.1, 0.15) is 4.83 Å². The summed E-state index contributed by atoms with van der Waals surface area (Å²) < 4.78 is 7.11. The van der Waals surface area contributed by atoms with Crippen molar-refractivity contribution in [1.29, 1.82) is 0 Å². The third-order valence-corrected chi connectivity index (χ3v) is 8.06. The average molecular weight is 456 g/mol. The van der Waals surface area contributed by atoms with Crippen LogP contribution in [0.4, 0.5) is 0 Å². The number of aromatic nitrogens is 2. The van der Waals surface area contributed by atoms with Crippen molar-refractivity contribution in [3.8, 4) is 0 Å². The molecule has 0 N–H and O–H groups in total. The number of carbonyl (C=O) groups is 1. The number of nitrogens with zero attached hydrogens (tertiary/aromatic N) is 3. The molecule has 31 heavy (non-hydrogen) atoms. The number of hydrogen-bond acceptors (Lipinski definition) is 6. The molecule has 1 aromatic carbocycles. The van der Waals surface area contributed by atoms with Crippen LogP contribution in [0.2, 0.25) is 0 Å². The van der Waals surface area contributed by atoms with E-state index in [0.717, 1.165) is 35.0 Å². The van der Waals surface area contributed by atoms with Gasteiger partial charge in [-0.2, -0.15) is 0 Å². The van der Waals surface area contributed by atoms with Gasteiger partial charge in [0.05, 0.1) is 30.9 Å². The summed E-state index contributed by atoms with van der Waals surface area (Å²) in [6.45, 7) is 2.88. The van der Waals surface area contributed by atoms with Crippen LogP contribution in [0.5, 0.6) is 0 Å². The van der Waals surface area contributed by atoms with Crippen LogP contribution in [0.3, 0.4) is 0 Å². The number of fused-ring (bicyclic) bond motifs is 3. The lowest BCUT2D eigenvalue weighted by Crippen LogP contribution is -2.41. The number of aryl methyl sites for hydroxylation is 2. The predicted octanol–water partition coefficient (Wildman–Crippen LogP) is 3.34. The highest BCUT2D eigenvalue weighted by Gasteiger charge is 2.23. The minimum Gasteiger partial charge on any atom is -0.378 e. The van der Waals surface area contributed by atoms with Gasteiger partial charge in [0.25, 0.3) is 5.56 Å². The summed E-state index contributed by atoms with van der Waals surface area (Å²) in [7, 11) is 0. The van der Waals surface area contributed by atoms with Crippen molar-refractivity contribution in [2.45, 2.75) is 37.4 Å². The van der Waals surface area contributed by atoms with E-state index in [1.165, 1.54) is 28.6 Å². The average Bonchev–Trinajstić information content (AvgIpc) is 3.19. The van der Waals surface area contributed by atoms with Crippen LogP contribution in [-0.4, -0.2) is 52.4 Å². The van der Waals surface area contributed by atoms with E-state index in [1.807, 2.05) is 35.2 Å². The number of hydrogen-bond donors (Lipinski definition) is 0. The molecule has 0 saturated carbocycles. The molecule has 1 aliphatic heterocycles. The Morgan fingerprint density at radius 3 is 2.71 bits per heavy atom. The zero-order valence-corrected chi connectivity index (χ0v) is 19.0. The number of thiophene rings is 1. The third-order valence-electron chi connectivity index (χ3n) is 5.91. The van der Waals surface area contributed by atoms with E-state index in [4.69, 9.17) is 9.72 Å². The van der Waals surface area contributed by atoms with E-state index in [0.29, 0.717) is 38.0 Å². The molecule has 1 aliphatic carbocycles. The smallest absolute Gasteiger partial charge is 0.263 e. The largest absolute Gasteiger partial charge is 0.378 e. The van der Waals surface area contributed by atoms with E-state index in [2.05, 4.69) is 0 Å². The molecular formula is C23H25N3O3S2. The summed E-state index contributed by atoms with van der Waals surface area (Å²) >= 11 is 3.03. The van der Waals surface area contributed by atoms with Gasteiger partial charge in [-0.3, -0.25) is 14.2 Å². The zero-order chi connectivity index (χ0) is 21.2. The van der Waals surface area contributed by atoms with Crippen molar-refractivity contribution in [1.82, 2.24) is 14.5 Å². The molecule has 6 nitrogen and oxygen atoms in total. The monoisotopic (exact) mass is 455 g/mol. The molecule has 2 aliphatic rings. The van der Waals surface area contributed by atoms with Crippen LogP contribution in [0.25, 0.3) is 10.2 Å². The first-order valence-electron chi connectivity index (χ1n) is 10.8. The molecule has 162 valence electrons. The predicted molar refractivity (Wildman–Crippen MR) is 124 cm³/mol. The van der Waals surface area contributed by atoms with Gasteiger partial charge >= 0.3 is 0 Å². The van der Waals surface area contributed by atoms with E-state index in [1.54, 1.807) is 15.9 Å². The maximum atomic E-state index is 13.6. The molecule has 3 aromatic rings. The Labute approximate surface area is 189 Å². The van der Waals surface area contributed by atoms with Gasteiger partial charge in [0.2, 0.25) is 5.91 Å². The molecule has 1 fully saturated rings. The summed E-state index contributed by atoms with van der Waals surface area (Å²) in [6, 6.07) is 9.97. The highest BCUT2D eigenvalue weighted by Crippen LogP contribution is 2.34. The second-order valence-corrected chi connectivity index (χ2v) is 9.97. The SMILES string of the molecule is O=C(CSc1nc2sc3c(c2c(=O)n1Cc1ccccc1)CCCC3)N1CCOCC1. The minimum absolute atomic E-state index is 0.0228. The number of benzene rings is 1. The van der Waals surface area contributed by atoms with Gasteiger partial charge in [-0.25, -0.2) is 4.98 Å². The summed E-state index contributed by atoms with van der Waals surface area (Å²) in [5.74, 6) is 0.344. The fourth-order valence-corrected chi connectivity index (χ4v) is 6.47. The molecule has 2 aromatic heterocycles. The number of carbonyl (C=O) groups excluding carboxylic acids is 1. The standard InChI is InChI=1S/C23H25N3O3S2/c27-19(25-10-12-29-13-11-25)15-30-23-24-21-20(17-8-4-5-9-18(17)31-21)22(28)26(23)14-16-6-2-1-3-7-16/h1-3,6-7H,4-5,8-15H2. The molecule has 8 heteroatoms. The first-order valence-corrected chi connectivity index (χ1v) is 12.6. The maximum absolute atomic E-state index is 13.6. The first-order chi connectivity index (χ1) is 15.2. The quantitative estimate of drug-likeness (QED) is 0.436. The maximum Gasteiger partial charge on any atom is 0.263 e. The van der Waals surface area contributed by atoms with E-state index in [-0.39, 0.29) is 17.2 Å². The third kappa shape index (κ3) is 4.29. The lowest BCUT2D eigenvalue weighted by atomic mass is 9.97. The normalized spacial score (nSPS) is 16.5. The second kappa shape index (κ2) is 9.14. The number of morpholine rings is 1. The van der Waals surface area contributed by atoms with Crippen molar-refractivity contribution in [2.75, 3.05) is 32.1 Å². The molecule has 0 atom stereocenters. The highest BCUT2D eigenvalue weighted by atomic mass is 32.2. The van der Waals surface area contributed by atoms with Crippen LogP contribution < -0.4 is 5.56 Å². The Hall–Kier alpha value is -2.16. The topological polar surface area (TPSA) is 64.4 Å². The van der Waals surface area contributed by atoms with Gasteiger partial charge < -0.3 is 9.64 Å². The summed E-state index contributed by atoms with van der Waals surface area (Å²) in [4.78, 5) is 35.2. The lowest BCUT2D eigenvalue weighted by Gasteiger charge is -2.26. The van der Waals surface area contributed by atoms with Crippen molar-refractivity contribution in [2.24, 2.45) is 0 Å². The van der Waals surface area contributed by atoms with Gasteiger partial charge in [0.15, 0.2) is 5.16 Å². The van der Waals surface area contributed by atoms with Crippen LogP contribution >= 0.6 is 23.1 Å². The Kier molecular flexibility index (Phi) is 6.11. The highest BCUT2D eigenvalue weighted by molar-refractivity contribution is 7.99. The fraction of sp³-hybridized carbons (Fsp3) is 0.435. The fourth-order valence-electron chi connectivity index (χ4n) is 4.27. The van der Waals surface area contributed by atoms with Crippen LogP contribution in [0.15, 0.2) is 40.3 Å². The molecule has 1 amide bonds. The van der Waals surface area contributed by atoms with E-state index >= 15 is 0 Å². The zero-order valence-electron chi connectivity index (χ0n) is 17.3. The van der Waals surface area contributed by atoms with Crippen molar-refractivity contribution < 1.29 is 9.53 Å². The minimum atomic E-state index is 0.0228. The molecule has 5 rings (SSSR count). The van der Waals surface area contributed by atoms with Crippen LogP contribution in [0, 0.1) is 0 Å². The summed E-state index contributed by atoms with van der Waals surface area (Å²) in [5.41, 5.74) is 2.28. The number of amides is 1. The number of ether oxygens (including phenoxy) is 1. The molecule has 0 spiro atoms. The second-order valence-electron chi connectivity index (χ2n) is 7.94. The van der Waals surface area contributed by atoms with Gasteiger partial charge in [-0.1, -0.05) is 42.1 Å². The lowest BCUT2D eigenvalue weighted by molar-refractivity contribution is -0.132. The van der Waals surface area contributed by atoms with Crippen molar-refractivity contribution in [3.63, 3.8) is 0 Å². The Bertz CT molecular complexity index is 1150. The molecule has 3 heterocycles. The Balaban J connectivity index is 1.51. The van der Waals surface area contributed by atoms with Crippen LogP contribution in [-0.2, 0) is 28.9 Å². The molecular weight excluding hydrogens is 430 g/mol. The summed E-state index contributed by atoms with van der Waals surface area (Å²) in [5, 5.41) is 1.42. The van der Waals surface area contributed by atoms with Gasteiger partial charge in [-0.05, 0) is 36.8 Å². The summed E-state index contributed by atoms with van der Waals surface area (Å²) in [6.07, 6.45) is 4.29. The Morgan fingerprint density at radius 1 is 1.13 bits per heavy atom. The van der Waals surface area contributed by atoms with Crippen molar-refractivity contribution >= 4 is 39.2 Å². The van der Waals surface area contributed by atoms with E-state index < -0.39 is 0 Å². The molecule has 0 bridgehead atoms.